The third-order valence-corrected chi connectivity index (χ3v) is 3.64. The van der Waals surface area contributed by atoms with Crippen LogP contribution in [-0.4, -0.2) is 21.1 Å². The van der Waals surface area contributed by atoms with Gasteiger partial charge < -0.3 is 20.3 Å². The van der Waals surface area contributed by atoms with Crippen LogP contribution in [0.15, 0.2) is 24.3 Å². The second kappa shape index (κ2) is 5.69. The Kier molecular flexibility index (Phi) is 4.77. The Morgan fingerprint density at radius 1 is 1.24 bits per heavy atom. The van der Waals surface area contributed by atoms with Crippen LogP contribution in [0.2, 0.25) is 0 Å². The zero-order valence-electron chi connectivity index (χ0n) is 8.45. The number of aliphatic hydroxyl groups is 1. The van der Waals surface area contributed by atoms with E-state index in [2.05, 4.69) is 4.52 Å². The van der Waals surface area contributed by atoms with Crippen molar-refractivity contribution in [1.82, 2.24) is 0 Å². The van der Waals surface area contributed by atoms with Gasteiger partial charge in [0.25, 0.3) is 13.6 Å². The van der Waals surface area contributed by atoms with E-state index in [0.717, 1.165) is 6.21 Å². The molecular weight excluding hydrogens is 268 g/mol. The molecule has 0 saturated carbocycles. The molecule has 3 unspecified atom stereocenters. The first kappa shape index (κ1) is 14.3. The van der Waals surface area contributed by atoms with Gasteiger partial charge in [-0.25, -0.2) is 0 Å². The maximum atomic E-state index is 11.0. The Bertz CT molecular complexity index is 462. The van der Waals surface area contributed by atoms with Gasteiger partial charge in [0, 0.05) is 11.8 Å². The first-order valence-electron chi connectivity index (χ1n) is 4.39. The summed E-state index contributed by atoms with van der Waals surface area (Å²) in [6.07, 6.45) is 1.04. The average molecular weight is 279 g/mol. The Hall–Kier alpha value is -0.810. The van der Waals surface area contributed by atoms with E-state index in [0.29, 0.717) is 5.56 Å². The van der Waals surface area contributed by atoms with Crippen molar-refractivity contribution in [2.75, 3.05) is 0 Å². The molecule has 0 aromatic heterocycles. The van der Waals surface area contributed by atoms with Crippen molar-refractivity contribution < 1.29 is 28.5 Å². The van der Waals surface area contributed by atoms with E-state index in [1.807, 2.05) is 0 Å². The highest BCUT2D eigenvalue weighted by atomic mass is 31.1. The molecule has 0 spiro atoms. The van der Waals surface area contributed by atoms with E-state index >= 15 is 0 Å². The molecule has 0 fully saturated rings. The van der Waals surface area contributed by atoms with E-state index in [-0.39, 0.29) is 5.56 Å². The third kappa shape index (κ3) is 3.33. The van der Waals surface area contributed by atoms with Crippen molar-refractivity contribution in [2.45, 2.75) is 5.53 Å². The van der Waals surface area contributed by atoms with E-state index < -0.39 is 21.8 Å². The van der Waals surface area contributed by atoms with E-state index in [9.17, 15) is 14.2 Å². The summed E-state index contributed by atoms with van der Waals surface area (Å²) in [4.78, 5) is 17.6. The number of rotatable bonds is 5. The largest absolute Gasteiger partial charge is 0.354 e. The lowest BCUT2D eigenvalue weighted by Crippen LogP contribution is -2.22. The second-order valence-corrected chi connectivity index (χ2v) is 5.11. The fourth-order valence-corrected chi connectivity index (χ4v) is 2.55. The molecule has 1 aromatic carbocycles. The van der Waals surface area contributed by atoms with Crippen molar-refractivity contribution in [3.8, 4) is 0 Å². The first-order valence-corrected chi connectivity index (χ1v) is 7.01. The summed E-state index contributed by atoms with van der Waals surface area (Å²) in [5, 5.41) is 16.7. The second-order valence-electron chi connectivity index (χ2n) is 3.08. The number of nitrogens with one attached hydrogen (secondary N) is 1. The molecule has 9 heteroatoms. The molecule has 4 N–H and O–H groups in total. The van der Waals surface area contributed by atoms with Gasteiger partial charge in [0.05, 0.1) is 0 Å². The Balaban J connectivity index is 3.17. The molecule has 17 heavy (non-hydrogen) atoms. The van der Waals surface area contributed by atoms with Crippen LogP contribution >= 0.6 is 16.3 Å². The van der Waals surface area contributed by atoms with Gasteiger partial charge in [-0.05, 0) is 5.56 Å². The summed E-state index contributed by atoms with van der Waals surface area (Å²) in [5.74, 6) is 0. The van der Waals surface area contributed by atoms with Gasteiger partial charge in [-0.15, -0.1) is 0 Å². The van der Waals surface area contributed by atoms with Crippen LogP contribution in [0, 0.1) is 5.41 Å². The minimum atomic E-state index is -3.65. The molecule has 0 aliphatic rings. The molecule has 94 valence electrons. The molecule has 0 amide bonds. The molecular formula is C8H11NO6P2. The average Bonchev–Trinajstić information content (AvgIpc) is 2.28. The van der Waals surface area contributed by atoms with Gasteiger partial charge in [0.15, 0.2) is 0 Å². The Morgan fingerprint density at radius 2 is 1.76 bits per heavy atom. The van der Waals surface area contributed by atoms with E-state index in [1.54, 1.807) is 0 Å². The molecule has 0 heterocycles. The molecule has 0 radical (unpaired) electrons. The van der Waals surface area contributed by atoms with Crippen molar-refractivity contribution in [2.24, 2.45) is 0 Å². The fraction of sp³-hybridized carbons (Fsp3) is 0.125. The van der Waals surface area contributed by atoms with Crippen molar-refractivity contribution in [3.63, 3.8) is 0 Å². The molecule has 3 atom stereocenters. The van der Waals surface area contributed by atoms with Crippen molar-refractivity contribution in [1.29, 1.82) is 5.41 Å². The van der Waals surface area contributed by atoms with Gasteiger partial charge in [0.2, 0.25) is 0 Å². The van der Waals surface area contributed by atoms with Crippen LogP contribution in [0.5, 0.6) is 0 Å². The standard InChI is InChI=1S/C8H11NO6P2/c9-5-6-1-3-7(4-2-6)8(10,16(11)12)15-17(13)14/h1-5,9-10,16-17H,(H,11,12)(H,13,14). The van der Waals surface area contributed by atoms with Gasteiger partial charge in [-0.1, -0.05) is 24.3 Å². The topological polar surface area (TPSA) is 128 Å². The summed E-state index contributed by atoms with van der Waals surface area (Å²) in [5.41, 5.74) is -2.30. The van der Waals surface area contributed by atoms with Crippen LogP contribution < -0.4 is 0 Å². The lowest BCUT2D eigenvalue weighted by Gasteiger charge is -2.23. The summed E-state index contributed by atoms with van der Waals surface area (Å²) >= 11 is 0. The molecule has 0 bridgehead atoms. The van der Waals surface area contributed by atoms with Crippen molar-refractivity contribution in [3.05, 3.63) is 35.4 Å². The molecule has 0 aliphatic heterocycles. The SMILES string of the molecule is N=Cc1ccc(C(O)(O[PH](=O)O)[PH](=O)O)cc1. The zero-order chi connectivity index (χ0) is 13.1. The zero-order valence-corrected chi connectivity index (χ0v) is 10.5. The van der Waals surface area contributed by atoms with Crippen LogP contribution in [0.3, 0.4) is 0 Å². The molecule has 1 rings (SSSR count). The van der Waals surface area contributed by atoms with Crippen molar-refractivity contribution >= 4 is 22.5 Å². The highest BCUT2D eigenvalue weighted by molar-refractivity contribution is 7.40. The van der Waals surface area contributed by atoms with Crippen LogP contribution in [-0.2, 0) is 19.2 Å². The summed E-state index contributed by atoms with van der Waals surface area (Å²) < 4.78 is 25.8. The molecule has 7 nitrogen and oxygen atoms in total. The fourth-order valence-electron chi connectivity index (χ4n) is 1.16. The molecule has 0 aliphatic carbocycles. The maximum absolute atomic E-state index is 11.0. The lowest BCUT2D eigenvalue weighted by molar-refractivity contribution is -0.0741. The molecule has 1 aromatic rings. The van der Waals surface area contributed by atoms with Gasteiger partial charge in [0.1, 0.15) is 0 Å². The van der Waals surface area contributed by atoms with E-state index in [1.165, 1.54) is 24.3 Å². The van der Waals surface area contributed by atoms with Crippen LogP contribution in [0.4, 0.5) is 0 Å². The predicted molar refractivity (Wildman–Crippen MR) is 61.8 cm³/mol. The van der Waals surface area contributed by atoms with Gasteiger partial charge in [-0.2, -0.15) is 0 Å². The smallest absolute Gasteiger partial charge is 0.319 e. The van der Waals surface area contributed by atoms with Crippen LogP contribution in [0.25, 0.3) is 0 Å². The Morgan fingerprint density at radius 3 is 2.12 bits per heavy atom. The highest BCUT2D eigenvalue weighted by Crippen LogP contribution is 2.47. The van der Waals surface area contributed by atoms with Crippen LogP contribution in [0.1, 0.15) is 11.1 Å². The highest BCUT2D eigenvalue weighted by Gasteiger charge is 2.38. The lowest BCUT2D eigenvalue weighted by atomic mass is 10.1. The van der Waals surface area contributed by atoms with Gasteiger partial charge in [-0.3, -0.25) is 13.7 Å². The quantitative estimate of drug-likeness (QED) is 0.356. The number of hydrogen-bond donors (Lipinski definition) is 4. The number of benzene rings is 1. The summed E-state index contributed by atoms with van der Waals surface area (Å²) in [6.45, 7) is 0. The Labute approximate surface area is 98.0 Å². The maximum Gasteiger partial charge on any atom is 0.319 e. The van der Waals surface area contributed by atoms with E-state index in [4.69, 9.17) is 15.2 Å². The minimum Gasteiger partial charge on any atom is -0.354 e. The third-order valence-electron chi connectivity index (χ3n) is 1.99. The minimum absolute atomic E-state index is 0.123. The molecule has 0 saturated heterocycles. The predicted octanol–water partition coefficient (Wildman–Crippen LogP) is 0.652. The van der Waals surface area contributed by atoms with Gasteiger partial charge >= 0.3 is 8.25 Å². The first-order chi connectivity index (χ1) is 7.90. The summed E-state index contributed by atoms with van der Waals surface area (Å²) in [6, 6.07) is 5.28. The number of hydrogen-bond acceptors (Lipinski definition) is 5. The normalized spacial score (nSPS) is 18.1. The monoisotopic (exact) mass is 279 g/mol. The summed E-state index contributed by atoms with van der Waals surface area (Å²) in [7, 11) is -7.22.